The predicted octanol–water partition coefficient (Wildman–Crippen LogP) is 2.16. The number of nitrogens with zero attached hydrogens (tertiary/aromatic N) is 2. The van der Waals surface area contributed by atoms with Crippen molar-refractivity contribution < 1.29 is 22.0 Å². The number of rotatable bonds is 4. The van der Waals surface area contributed by atoms with Crippen LogP contribution in [-0.4, -0.2) is 43.3 Å². The van der Waals surface area contributed by atoms with Crippen LogP contribution < -0.4 is 0 Å². The number of hydrogen-bond donors (Lipinski definition) is 0. The molecule has 0 bridgehead atoms. The number of carbonyl (C=O) groups excluding carboxylic acids is 1. The lowest BCUT2D eigenvalue weighted by atomic mass is 10.2. The number of alkyl halides is 2. The summed E-state index contributed by atoms with van der Waals surface area (Å²) in [6, 6.07) is 1.05. The van der Waals surface area contributed by atoms with Crippen molar-refractivity contribution in [3.63, 3.8) is 0 Å². The molecule has 0 N–H and O–H groups in total. The number of amides is 1. The summed E-state index contributed by atoms with van der Waals surface area (Å²) in [6.45, 7) is 2.29. The average Bonchev–Trinajstić information content (AvgIpc) is 2.93. The zero-order valence-electron chi connectivity index (χ0n) is 11.3. The average molecular weight is 341 g/mol. The Morgan fingerprint density at radius 2 is 2.19 bits per heavy atom. The summed E-state index contributed by atoms with van der Waals surface area (Å²) in [4.78, 5) is 13.5. The van der Waals surface area contributed by atoms with E-state index in [9.17, 15) is 22.0 Å². The lowest BCUT2D eigenvalue weighted by Gasteiger charge is -2.17. The van der Waals surface area contributed by atoms with Gasteiger partial charge in [-0.05, 0) is 18.4 Å². The first kappa shape index (κ1) is 16.2. The Labute approximate surface area is 125 Å². The van der Waals surface area contributed by atoms with Gasteiger partial charge in [0.15, 0.2) is 0 Å². The van der Waals surface area contributed by atoms with E-state index in [0.717, 1.165) is 23.3 Å². The molecule has 1 aromatic rings. The lowest BCUT2D eigenvalue weighted by molar-refractivity contribution is 0.0767. The molecule has 0 saturated carbocycles. The van der Waals surface area contributed by atoms with E-state index in [-0.39, 0.29) is 10.6 Å². The largest absolute Gasteiger partial charge is 0.337 e. The monoisotopic (exact) mass is 340 g/mol. The molecule has 9 heteroatoms. The van der Waals surface area contributed by atoms with Crippen LogP contribution in [0.1, 0.15) is 23.8 Å². The van der Waals surface area contributed by atoms with E-state index < -0.39 is 27.9 Å². The van der Waals surface area contributed by atoms with Crippen LogP contribution in [0.3, 0.4) is 0 Å². The van der Waals surface area contributed by atoms with Gasteiger partial charge in [-0.1, -0.05) is 6.92 Å². The molecule has 1 unspecified atom stereocenters. The van der Waals surface area contributed by atoms with Gasteiger partial charge in [-0.15, -0.1) is 0 Å². The molecule has 0 spiro atoms. The molecule has 118 valence electrons. The smallest absolute Gasteiger partial charge is 0.270 e. The van der Waals surface area contributed by atoms with Crippen molar-refractivity contribution in [1.29, 1.82) is 0 Å². The molecule has 1 saturated heterocycles. The van der Waals surface area contributed by atoms with Gasteiger partial charge < -0.3 is 9.47 Å². The zero-order chi connectivity index (χ0) is 15.8. The van der Waals surface area contributed by atoms with Gasteiger partial charge in [-0.2, -0.15) is 0 Å². The first-order valence-electron chi connectivity index (χ1n) is 6.40. The minimum atomic E-state index is -4.07. The second kappa shape index (κ2) is 5.92. The summed E-state index contributed by atoms with van der Waals surface area (Å²) in [5.41, 5.74) is -0.0800. The van der Waals surface area contributed by atoms with Gasteiger partial charge in [0.05, 0.1) is 6.54 Å². The third-order valence-corrected chi connectivity index (χ3v) is 4.74. The third-order valence-electron chi connectivity index (χ3n) is 3.42. The van der Waals surface area contributed by atoms with Crippen molar-refractivity contribution in [3.8, 4) is 0 Å². The van der Waals surface area contributed by atoms with Crippen LogP contribution in [0.4, 0.5) is 8.78 Å². The molecule has 1 aliphatic heterocycles. The summed E-state index contributed by atoms with van der Waals surface area (Å²) < 4.78 is 48.8. The molecule has 0 aromatic carbocycles. The number of carbonyl (C=O) groups is 1. The molecule has 1 amide bonds. The summed E-state index contributed by atoms with van der Waals surface area (Å²) in [6.07, 6.45) is -0.893. The minimum absolute atomic E-state index is 0.0800. The van der Waals surface area contributed by atoms with E-state index in [1.807, 2.05) is 6.92 Å². The fourth-order valence-electron chi connectivity index (χ4n) is 2.38. The maximum absolute atomic E-state index is 12.6. The fraction of sp³-hybridized carbons (Fsp3) is 0.583. The van der Waals surface area contributed by atoms with Crippen LogP contribution in [0.25, 0.3) is 0 Å². The second-order valence-corrected chi connectivity index (χ2v) is 7.75. The SMILES string of the molecule is CC1CCN(C(=O)c2cc(S(=O)(=O)Cl)cn2CC(F)F)C1. The van der Waals surface area contributed by atoms with Gasteiger partial charge in [0.1, 0.15) is 10.6 Å². The Morgan fingerprint density at radius 3 is 2.67 bits per heavy atom. The normalized spacial score (nSPS) is 19.5. The lowest BCUT2D eigenvalue weighted by Crippen LogP contribution is -2.30. The fourth-order valence-corrected chi connectivity index (χ4v) is 3.14. The van der Waals surface area contributed by atoms with Crippen molar-refractivity contribution in [3.05, 3.63) is 18.0 Å². The maximum Gasteiger partial charge on any atom is 0.270 e. The summed E-state index contributed by atoms with van der Waals surface area (Å²) in [7, 11) is 1.14. The predicted molar refractivity (Wildman–Crippen MR) is 73.2 cm³/mol. The van der Waals surface area contributed by atoms with Crippen LogP contribution >= 0.6 is 10.7 Å². The molecule has 1 aliphatic rings. The van der Waals surface area contributed by atoms with E-state index in [2.05, 4.69) is 0 Å². The van der Waals surface area contributed by atoms with Gasteiger partial charge in [-0.25, -0.2) is 17.2 Å². The highest BCUT2D eigenvalue weighted by Gasteiger charge is 2.28. The quantitative estimate of drug-likeness (QED) is 0.789. The van der Waals surface area contributed by atoms with Crippen LogP contribution in [0.2, 0.25) is 0 Å². The Bertz CT molecular complexity index is 645. The highest BCUT2D eigenvalue weighted by atomic mass is 35.7. The van der Waals surface area contributed by atoms with E-state index in [0.29, 0.717) is 19.0 Å². The molecular weight excluding hydrogens is 326 g/mol. The van der Waals surface area contributed by atoms with Gasteiger partial charge in [0, 0.05) is 30.0 Å². The van der Waals surface area contributed by atoms with Crippen molar-refractivity contribution in [2.24, 2.45) is 5.92 Å². The third kappa shape index (κ3) is 3.74. The summed E-state index contributed by atoms with van der Waals surface area (Å²) in [5, 5.41) is 0. The minimum Gasteiger partial charge on any atom is -0.337 e. The number of hydrogen-bond acceptors (Lipinski definition) is 3. The summed E-state index contributed by atoms with van der Waals surface area (Å²) >= 11 is 0. The molecule has 2 rings (SSSR count). The number of aromatic nitrogens is 1. The van der Waals surface area contributed by atoms with Crippen molar-refractivity contribution in [2.75, 3.05) is 13.1 Å². The molecule has 1 atom stereocenters. The van der Waals surface area contributed by atoms with Crippen LogP contribution in [0, 0.1) is 5.92 Å². The Hall–Kier alpha value is -1.15. The van der Waals surface area contributed by atoms with Crippen LogP contribution in [0.15, 0.2) is 17.2 Å². The van der Waals surface area contributed by atoms with Crippen LogP contribution in [-0.2, 0) is 15.6 Å². The number of halogens is 3. The molecule has 5 nitrogen and oxygen atoms in total. The molecule has 0 radical (unpaired) electrons. The highest BCUT2D eigenvalue weighted by molar-refractivity contribution is 8.13. The van der Waals surface area contributed by atoms with E-state index >= 15 is 0 Å². The Balaban J connectivity index is 2.36. The van der Waals surface area contributed by atoms with Gasteiger partial charge in [-0.3, -0.25) is 4.79 Å². The first-order chi connectivity index (χ1) is 9.68. The zero-order valence-corrected chi connectivity index (χ0v) is 12.9. The number of likely N-dealkylation sites (tertiary alicyclic amines) is 1. The second-order valence-electron chi connectivity index (χ2n) is 5.19. The molecule has 1 fully saturated rings. The van der Waals surface area contributed by atoms with E-state index in [1.54, 1.807) is 0 Å². The maximum atomic E-state index is 12.6. The van der Waals surface area contributed by atoms with Crippen molar-refractivity contribution >= 4 is 25.6 Å². The standard InChI is InChI=1S/C12H15ClF2N2O3S/c1-8-2-3-16(5-8)12(18)10-4-9(21(13,19)20)6-17(10)7-11(14)15/h4,6,8,11H,2-3,5,7H2,1H3. The molecule has 21 heavy (non-hydrogen) atoms. The molecule has 1 aromatic heterocycles. The first-order valence-corrected chi connectivity index (χ1v) is 8.71. The van der Waals surface area contributed by atoms with E-state index in [4.69, 9.17) is 10.7 Å². The topological polar surface area (TPSA) is 59.4 Å². The molecular formula is C12H15ClF2N2O3S. The van der Waals surface area contributed by atoms with Crippen molar-refractivity contribution in [1.82, 2.24) is 9.47 Å². The van der Waals surface area contributed by atoms with Crippen LogP contribution in [0.5, 0.6) is 0 Å². The van der Waals surface area contributed by atoms with E-state index in [1.165, 1.54) is 4.90 Å². The van der Waals surface area contributed by atoms with Gasteiger partial charge in [0.25, 0.3) is 21.4 Å². The van der Waals surface area contributed by atoms with Crippen molar-refractivity contribution in [2.45, 2.75) is 31.2 Å². The Kier molecular flexibility index (Phi) is 4.57. The molecule has 0 aliphatic carbocycles. The van der Waals surface area contributed by atoms with Gasteiger partial charge >= 0.3 is 0 Å². The molecule has 2 heterocycles. The Morgan fingerprint density at radius 1 is 1.52 bits per heavy atom. The summed E-state index contributed by atoms with van der Waals surface area (Å²) in [5.74, 6) is -0.116. The van der Waals surface area contributed by atoms with Gasteiger partial charge in [0.2, 0.25) is 0 Å². The highest BCUT2D eigenvalue weighted by Crippen LogP contribution is 2.23.